The van der Waals surface area contributed by atoms with E-state index in [1.54, 1.807) is 24.3 Å². The van der Waals surface area contributed by atoms with Crippen molar-refractivity contribution in [3.63, 3.8) is 0 Å². The van der Waals surface area contributed by atoms with E-state index in [9.17, 15) is 17.2 Å². The van der Waals surface area contributed by atoms with E-state index in [0.29, 0.717) is 11.8 Å². The summed E-state index contributed by atoms with van der Waals surface area (Å²) in [6, 6.07) is 9.16. The molecule has 1 N–H and O–H groups in total. The van der Waals surface area contributed by atoms with E-state index < -0.39 is 21.7 Å². The van der Waals surface area contributed by atoms with Gasteiger partial charge in [0.25, 0.3) is 10.0 Å². The SMILES string of the molecule is O=S(=O)(Nc1ccc(-c2nnc3n2CCCCC3)cc1)c1ccc(F)c(F)c1. The van der Waals surface area contributed by atoms with Crippen molar-refractivity contribution in [2.24, 2.45) is 0 Å². The summed E-state index contributed by atoms with van der Waals surface area (Å²) in [6.07, 6.45) is 4.24. The van der Waals surface area contributed by atoms with Gasteiger partial charge in [-0.05, 0) is 55.3 Å². The van der Waals surface area contributed by atoms with Gasteiger partial charge in [-0.15, -0.1) is 10.2 Å². The lowest BCUT2D eigenvalue weighted by Crippen LogP contribution is -2.13. The number of rotatable bonds is 4. The fraction of sp³-hybridized carbons (Fsp3) is 0.263. The monoisotopic (exact) mass is 404 g/mol. The average molecular weight is 404 g/mol. The van der Waals surface area contributed by atoms with E-state index in [2.05, 4.69) is 19.5 Å². The molecular weight excluding hydrogens is 386 g/mol. The van der Waals surface area contributed by atoms with Crippen LogP contribution in [-0.4, -0.2) is 23.2 Å². The van der Waals surface area contributed by atoms with Gasteiger partial charge in [-0.1, -0.05) is 6.42 Å². The molecule has 0 unspecified atom stereocenters. The Morgan fingerprint density at radius 1 is 0.929 bits per heavy atom. The number of benzene rings is 2. The van der Waals surface area contributed by atoms with Crippen molar-refractivity contribution in [1.82, 2.24) is 14.8 Å². The second-order valence-electron chi connectivity index (χ2n) is 6.66. The first kappa shape index (κ1) is 18.5. The maximum atomic E-state index is 13.3. The summed E-state index contributed by atoms with van der Waals surface area (Å²) < 4.78 is 55.6. The molecule has 0 saturated carbocycles. The number of aromatic nitrogens is 3. The molecule has 0 aliphatic carbocycles. The number of hydrogen-bond acceptors (Lipinski definition) is 4. The zero-order valence-corrected chi connectivity index (χ0v) is 15.7. The molecule has 0 saturated heterocycles. The minimum absolute atomic E-state index is 0.309. The Kier molecular flexibility index (Phi) is 4.84. The molecule has 2 heterocycles. The molecule has 0 atom stereocenters. The molecule has 4 rings (SSSR count). The average Bonchev–Trinajstić information content (AvgIpc) is 2.92. The molecule has 1 aliphatic rings. The van der Waals surface area contributed by atoms with Gasteiger partial charge in [-0.25, -0.2) is 17.2 Å². The third-order valence-electron chi connectivity index (χ3n) is 4.71. The van der Waals surface area contributed by atoms with Crippen LogP contribution < -0.4 is 4.72 Å². The molecule has 28 heavy (non-hydrogen) atoms. The van der Waals surface area contributed by atoms with Gasteiger partial charge < -0.3 is 4.57 Å². The van der Waals surface area contributed by atoms with Crippen LogP contribution >= 0.6 is 0 Å². The highest BCUT2D eigenvalue weighted by Gasteiger charge is 2.18. The van der Waals surface area contributed by atoms with Gasteiger partial charge in [0.05, 0.1) is 4.90 Å². The van der Waals surface area contributed by atoms with Gasteiger partial charge in [0.2, 0.25) is 0 Å². The summed E-state index contributed by atoms with van der Waals surface area (Å²) in [5.74, 6) is -0.594. The molecule has 0 spiro atoms. The van der Waals surface area contributed by atoms with E-state index in [1.165, 1.54) is 0 Å². The van der Waals surface area contributed by atoms with Crippen LogP contribution in [0.3, 0.4) is 0 Å². The van der Waals surface area contributed by atoms with Gasteiger partial charge in [0.1, 0.15) is 5.82 Å². The number of nitrogens with zero attached hydrogens (tertiary/aromatic N) is 3. The molecule has 1 aromatic heterocycles. The summed E-state index contributed by atoms with van der Waals surface area (Å²) in [6.45, 7) is 0.863. The van der Waals surface area contributed by atoms with Crippen molar-refractivity contribution >= 4 is 15.7 Å². The lowest BCUT2D eigenvalue weighted by atomic mass is 10.2. The smallest absolute Gasteiger partial charge is 0.261 e. The molecule has 1 aliphatic heterocycles. The third kappa shape index (κ3) is 3.62. The molecule has 3 aromatic rings. The first-order valence-corrected chi connectivity index (χ1v) is 10.4. The number of fused-ring (bicyclic) bond motifs is 1. The van der Waals surface area contributed by atoms with Crippen molar-refractivity contribution in [2.45, 2.75) is 37.1 Å². The maximum Gasteiger partial charge on any atom is 0.261 e. The third-order valence-corrected chi connectivity index (χ3v) is 6.09. The fourth-order valence-corrected chi connectivity index (χ4v) is 4.31. The van der Waals surface area contributed by atoms with Crippen molar-refractivity contribution in [1.29, 1.82) is 0 Å². The highest BCUT2D eigenvalue weighted by atomic mass is 32.2. The molecule has 0 bridgehead atoms. The Balaban J connectivity index is 1.57. The van der Waals surface area contributed by atoms with E-state index in [0.717, 1.165) is 61.6 Å². The quantitative estimate of drug-likeness (QED) is 0.719. The summed E-state index contributed by atoms with van der Waals surface area (Å²) in [5.41, 5.74) is 1.14. The Bertz CT molecular complexity index is 1110. The van der Waals surface area contributed by atoms with Crippen LogP contribution in [0, 0.1) is 11.6 Å². The summed E-state index contributed by atoms with van der Waals surface area (Å²) in [5, 5.41) is 8.54. The van der Waals surface area contributed by atoms with Crippen LogP contribution in [0.5, 0.6) is 0 Å². The first-order chi connectivity index (χ1) is 13.4. The number of nitrogens with one attached hydrogen (secondary N) is 1. The Hall–Kier alpha value is -2.81. The minimum atomic E-state index is -4.03. The van der Waals surface area contributed by atoms with Gasteiger partial charge in [0, 0.05) is 24.2 Å². The van der Waals surface area contributed by atoms with Crippen LogP contribution in [0.15, 0.2) is 47.4 Å². The molecule has 6 nitrogen and oxygen atoms in total. The molecule has 0 amide bonds. The van der Waals surface area contributed by atoms with Gasteiger partial charge in [0.15, 0.2) is 17.5 Å². The predicted molar refractivity (Wildman–Crippen MR) is 100 cm³/mol. The van der Waals surface area contributed by atoms with Crippen LogP contribution in [0.4, 0.5) is 14.5 Å². The largest absolute Gasteiger partial charge is 0.311 e. The van der Waals surface area contributed by atoms with Crippen LogP contribution in [0.1, 0.15) is 25.1 Å². The lowest BCUT2D eigenvalue weighted by Gasteiger charge is -2.10. The van der Waals surface area contributed by atoms with Gasteiger partial charge in [-0.2, -0.15) is 0 Å². The highest BCUT2D eigenvalue weighted by Crippen LogP contribution is 2.25. The Labute approximate surface area is 161 Å². The number of halogens is 2. The maximum absolute atomic E-state index is 13.3. The molecule has 146 valence electrons. The van der Waals surface area contributed by atoms with Crippen LogP contribution in [0.2, 0.25) is 0 Å². The molecule has 0 fully saturated rings. The Morgan fingerprint density at radius 3 is 2.46 bits per heavy atom. The van der Waals surface area contributed by atoms with E-state index in [1.807, 2.05) is 0 Å². The standard InChI is InChI=1S/C19H18F2N4O2S/c20-16-10-9-15(12-17(16)21)28(26,27)24-14-7-5-13(6-8-14)19-23-22-18-4-2-1-3-11-25(18)19/h5-10,12,24H,1-4,11H2. The Morgan fingerprint density at radius 2 is 1.71 bits per heavy atom. The summed E-state index contributed by atoms with van der Waals surface area (Å²) >= 11 is 0. The number of hydrogen-bond donors (Lipinski definition) is 1. The van der Waals surface area contributed by atoms with Gasteiger partial charge >= 0.3 is 0 Å². The fourth-order valence-electron chi connectivity index (χ4n) is 3.24. The van der Waals surface area contributed by atoms with Crippen molar-refractivity contribution < 1.29 is 17.2 Å². The second kappa shape index (κ2) is 7.31. The zero-order chi connectivity index (χ0) is 19.7. The molecule has 9 heteroatoms. The van der Waals surface area contributed by atoms with Crippen molar-refractivity contribution in [3.8, 4) is 11.4 Å². The van der Waals surface area contributed by atoms with Crippen molar-refractivity contribution in [3.05, 3.63) is 59.9 Å². The molecular formula is C19H18F2N4O2S. The minimum Gasteiger partial charge on any atom is -0.311 e. The first-order valence-electron chi connectivity index (χ1n) is 8.94. The van der Waals surface area contributed by atoms with E-state index in [-0.39, 0.29) is 4.90 Å². The zero-order valence-electron chi connectivity index (χ0n) is 14.9. The van der Waals surface area contributed by atoms with Crippen molar-refractivity contribution in [2.75, 3.05) is 4.72 Å². The van der Waals surface area contributed by atoms with Crippen LogP contribution in [-0.2, 0) is 23.0 Å². The van der Waals surface area contributed by atoms with Gasteiger partial charge in [-0.3, -0.25) is 4.72 Å². The number of sulfonamides is 1. The highest BCUT2D eigenvalue weighted by molar-refractivity contribution is 7.92. The van der Waals surface area contributed by atoms with E-state index in [4.69, 9.17) is 0 Å². The summed E-state index contributed by atoms with van der Waals surface area (Å²) in [7, 11) is -4.03. The lowest BCUT2D eigenvalue weighted by molar-refractivity contribution is 0.504. The molecule has 0 radical (unpaired) electrons. The second-order valence-corrected chi connectivity index (χ2v) is 8.34. The molecule has 2 aromatic carbocycles. The predicted octanol–water partition coefficient (Wildman–Crippen LogP) is 3.75. The van der Waals surface area contributed by atoms with Crippen LogP contribution in [0.25, 0.3) is 11.4 Å². The number of anilines is 1. The topological polar surface area (TPSA) is 76.9 Å². The number of aryl methyl sites for hydroxylation is 1. The summed E-state index contributed by atoms with van der Waals surface area (Å²) in [4.78, 5) is -0.349. The van der Waals surface area contributed by atoms with E-state index >= 15 is 0 Å². The normalized spacial score (nSPS) is 14.4.